The van der Waals surface area contributed by atoms with E-state index >= 15 is 0 Å². The van der Waals surface area contributed by atoms with Crippen molar-refractivity contribution in [1.82, 2.24) is 5.06 Å². The number of carbonyl (C=O) groups is 3. The highest BCUT2D eigenvalue weighted by atomic mass is 32.2. The number of hydrogen-bond donors (Lipinski definition) is 0. The number of rotatable bonds is 6. The summed E-state index contributed by atoms with van der Waals surface area (Å²) in [6.07, 6.45) is 0.0940. The van der Waals surface area contributed by atoms with E-state index in [4.69, 9.17) is 4.84 Å². The van der Waals surface area contributed by atoms with E-state index in [0.717, 1.165) is 5.56 Å². The summed E-state index contributed by atoms with van der Waals surface area (Å²) >= 11 is 0. The van der Waals surface area contributed by atoms with Gasteiger partial charge in [0, 0.05) is 12.8 Å². The monoisotopic (exact) mass is 381 g/mol. The molecule has 1 aromatic carbocycles. The van der Waals surface area contributed by atoms with Crippen LogP contribution in [0.1, 0.15) is 39.2 Å². The van der Waals surface area contributed by atoms with Gasteiger partial charge in [-0.25, -0.2) is 13.2 Å². The molecule has 0 bridgehead atoms. The molecule has 1 fully saturated rings. The smallest absolute Gasteiger partial charge is 0.330 e. The van der Waals surface area contributed by atoms with Crippen molar-refractivity contribution in [2.24, 2.45) is 5.92 Å². The minimum Gasteiger partial charge on any atom is -0.330 e. The minimum absolute atomic E-state index is 0.0181. The Bertz CT molecular complexity index is 779. The third-order valence-electron chi connectivity index (χ3n) is 4.20. The lowest BCUT2D eigenvalue weighted by molar-refractivity contribution is -0.200. The lowest BCUT2D eigenvalue weighted by atomic mass is 10.0. The molecule has 0 spiro atoms. The highest BCUT2D eigenvalue weighted by Gasteiger charge is 2.38. The molecule has 26 heavy (non-hydrogen) atoms. The third-order valence-corrected chi connectivity index (χ3v) is 6.91. The molecule has 2 rings (SSSR count). The maximum Gasteiger partial charge on any atom is 0.337 e. The molecular weight excluding hydrogens is 358 g/mol. The Morgan fingerprint density at radius 3 is 2.15 bits per heavy atom. The van der Waals surface area contributed by atoms with Gasteiger partial charge >= 0.3 is 5.97 Å². The van der Waals surface area contributed by atoms with Crippen molar-refractivity contribution < 1.29 is 27.6 Å². The summed E-state index contributed by atoms with van der Waals surface area (Å²) in [7, 11) is -3.61. The Morgan fingerprint density at radius 2 is 1.65 bits per heavy atom. The number of hydroxylamine groups is 2. The topological polar surface area (TPSA) is 97.8 Å². The number of sulfone groups is 1. The van der Waals surface area contributed by atoms with E-state index in [-0.39, 0.29) is 19.3 Å². The third kappa shape index (κ3) is 4.69. The number of amides is 2. The SMILES string of the molecule is CC(C)(C)S(=O)(=O)C[C@@H](Cc1ccccc1)C(=O)ON1C(=O)CCC1=O. The first kappa shape index (κ1) is 20.1. The van der Waals surface area contributed by atoms with Crippen LogP contribution in [0.3, 0.4) is 0 Å². The number of nitrogens with zero attached hydrogens (tertiary/aromatic N) is 1. The van der Waals surface area contributed by atoms with Crippen LogP contribution in [0, 0.1) is 5.92 Å². The molecule has 0 saturated carbocycles. The summed E-state index contributed by atoms with van der Waals surface area (Å²) in [5.74, 6) is -3.55. The van der Waals surface area contributed by atoms with Crippen LogP contribution >= 0.6 is 0 Å². The molecule has 1 aliphatic heterocycles. The highest BCUT2D eigenvalue weighted by molar-refractivity contribution is 7.92. The summed E-state index contributed by atoms with van der Waals surface area (Å²) in [5, 5.41) is 0.448. The van der Waals surface area contributed by atoms with Crippen molar-refractivity contribution >= 4 is 27.6 Å². The molecule has 2 amide bonds. The molecule has 1 heterocycles. The lowest BCUT2D eigenvalue weighted by Crippen LogP contribution is -2.40. The highest BCUT2D eigenvalue weighted by Crippen LogP contribution is 2.23. The fourth-order valence-electron chi connectivity index (χ4n) is 2.45. The zero-order valence-electron chi connectivity index (χ0n) is 15.1. The first-order chi connectivity index (χ1) is 12.0. The van der Waals surface area contributed by atoms with Crippen LogP contribution in [0.15, 0.2) is 30.3 Å². The van der Waals surface area contributed by atoms with Gasteiger partial charge in [-0.2, -0.15) is 0 Å². The van der Waals surface area contributed by atoms with Crippen LogP contribution in [0.5, 0.6) is 0 Å². The van der Waals surface area contributed by atoms with E-state index in [1.807, 2.05) is 6.07 Å². The first-order valence-electron chi connectivity index (χ1n) is 8.35. The van der Waals surface area contributed by atoms with E-state index in [0.29, 0.717) is 5.06 Å². The van der Waals surface area contributed by atoms with Crippen molar-refractivity contribution in [2.45, 2.75) is 44.8 Å². The summed E-state index contributed by atoms with van der Waals surface area (Å²) in [5.41, 5.74) is 0.762. The van der Waals surface area contributed by atoms with E-state index in [2.05, 4.69) is 0 Å². The van der Waals surface area contributed by atoms with Gasteiger partial charge in [0.25, 0.3) is 11.8 Å². The van der Waals surface area contributed by atoms with Crippen molar-refractivity contribution in [3.8, 4) is 0 Å². The molecule has 0 N–H and O–H groups in total. The Balaban J connectivity index is 2.23. The van der Waals surface area contributed by atoms with Crippen LogP contribution in [-0.2, 0) is 35.5 Å². The average Bonchev–Trinajstić information content (AvgIpc) is 2.86. The van der Waals surface area contributed by atoms with Crippen molar-refractivity contribution in [3.05, 3.63) is 35.9 Å². The molecule has 0 aliphatic carbocycles. The fraction of sp³-hybridized carbons (Fsp3) is 0.500. The lowest BCUT2D eigenvalue weighted by Gasteiger charge is -2.24. The standard InChI is InChI=1S/C18H23NO6S/c1-18(2,3)26(23,24)12-14(11-13-7-5-4-6-8-13)17(22)25-19-15(20)9-10-16(19)21/h4-8,14H,9-12H2,1-3H3/t14-/m1/s1. The second kappa shape index (κ2) is 7.57. The Labute approximate surface area is 153 Å². The molecule has 7 nitrogen and oxygen atoms in total. The Hall–Kier alpha value is -2.22. The second-order valence-corrected chi connectivity index (χ2v) is 10.1. The molecule has 1 aliphatic rings. The van der Waals surface area contributed by atoms with Gasteiger partial charge < -0.3 is 4.84 Å². The minimum atomic E-state index is -3.61. The zero-order chi connectivity index (χ0) is 19.5. The van der Waals surface area contributed by atoms with Crippen LogP contribution in [-0.4, -0.2) is 41.8 Å². The van der Waals surface area contributed by atoms with Crippen LogP contribution in [0.4, 0.5) is 0 Å². The maximum absolute atomic E-state index is 12.6. The summed E-state index contributed by atoms with van der Waals surface area (Å²) in [4.78, 5) is 40.8. The van der Waals surface area contributed by atoms with Crippen molar-refractivity contribution in [2.75, 3.05) is 5.75 Å². The summed E-state index contributed by atoms with van der Waals surface area (Å²) in [6, 6.07) is 8.92. The van der Waals surface area contributed by atoms with Gasteiger partial charge in [-0.1, -0.05) is 30.3 Å². The van der Waals surface area contributed by atoms with E-state index in [1.54, 1.807) is 45.0 Å². The van der Waals surface area contributed by atoms with E-state index in [1.165, 1.54) is 0 Å². The molecule has 0 aromatic heterocycles. The molecule has 8 heteroatoms. The van der Waals surface area contributed by atoms with Gasteiger partial charge in [-0.3, -0.25) is 9.59 Å². The van der Waals surface area contributed by atoms with Crippen molar-refractivity contribution in [1.29, 1.82) is 0 Å². The quantitative estimate of drug-likeness (QED) is 0.695. The van der Waals surface area contributed by atoms with Gasteiger partial charge in [0.05, 0.1) is 16.4 Å². The predicted octanol–water partition coefficient (Wildman–Crippen LogP) is 1.67. The van der Waals surface area contributed by atoms with Gasteiger partial charge in [-0.15, -0.1) is 5.06 Å². The summed E-state index contributed by atoms with van der Waals surface area (Å²) in [6.45, 7) is 4.67. The molecule has 1 aromatic rings. The molecular formula is C18H23NO6S. The first-order valence-corrected chi connectivity index (χ1v) is 10.0. The average molecular weight is 381 g/mol. The fourth-order valence-corrected chi connectivity index (χ4v) is 3.73. The number of imide groups is 1. The number of carbonyl (C=O) groups excluding carboxylic acids is 3. The molecule has 0 unspecified atom stereocenters. The second-order valence-electron chi connectivity index (χ2n) is 7.27. The van der Waals surface area contributed by atoms with Gasteiger partial charge in [-0.05, 0) is 32.8 Å². The zero-order valence-corrected chi connectivity index (χ0v) is 15.9. The van der Waals surface area contributed by atoms with Crippen molar-refractivity contribution in [3.63, 3.8) is 0 Å². The van der Waals surface area contributed by atoms with E-state index < -0.39 is 44.0 Å². The van der Waals surface area contributed by atoms with Gasteiger partial charge in [0.2, 0.25) is 0 Å². The molecule has 1 saturated heterocycles. The van der Waals surface area contributed by atoms with Crippen LogP contribution in [0.25, 0.3) is 0 Å². The Kier molecular flexibility index (Phi) is 5.85. The van der Waals surface area contributed by atoms with Crippen LogP contribution in [0.2, 0.25) is 0 Å². The van der Waals surface area contributed by atoms with Crippen LogP contribution < -0.4 is 0 Å². The number of benzene rings is 1. The van der Waals surface area contributed by atoms with Gasteiger partial charge in [0.1, 0.15) is 0 Å². The normalized spacial score (nSPS) is 16.7. The molecule has 142 valence electrons. The Morgan fingerprint density at radius 1 is 1.12 bits per heavy atom. The molecule has 1 atom stereocenters. The number of hydrogen-bond acceptors (Lipinski definition) is 6. The molecule has 0 radical (unpaired) electrons. The predicted molar refractivity (Wildman–Crippen MR) is 94.4 cm³/mol. The maximum atomic E-state index is 12.6. The summed E-state index contributed by atoms with van der Waals surface area (Å²) < 4.78 is 24.1. The van der Waals surface area contributed by atoms with E-state index in [9.17, 15) is 22.8 Å². The van der Waals surface area contributed by atoms with Gasteiger partial charge in [0.15, 0.2) is 9.84 Å². The largest absolute Gasteiger partial charge is 0.337 e.